The summed E-state index contributed by atoms with van der Waals surface area (Å²) >= 11 is 0. The predicted molar refractivity (Wildman–Crippen MR) is 120 cm³/mol. The minimum absolute atomic E-state index is 0.0645. The van der Waals surface area contributed by atoms with Gasteiger partial charge in [0.05, 0.1) is 31.2 Å². The van der Waals surface area contributed by atoms with Crippen LogP contribution < -0.4 is 19.7 Å². The Morgan fingerprint density at radius 3 is 2.28 bits per heavy atom. The zero-order valence-electron chi connectivity index (χ0n) is 17.8. The van der Waals surface area contributed by atoms with E-state index in [1.165, 1.54) is 38.5 Å². The molecule has 162 valence electrons. The number of hydrogen-bond acceptors (Lipinski definition) is 5. The second kappa shape index (κ2) is 8.55. The molecule has 7 heteroatoms. The van der Waals surface area contributed by atoms with E-state index in [9.17, 15) is 14.0 Å². The van der Waals surface area contributed by atoms with Crippen LogP contribution in [0.2, 0.25) is 0 Å². The van der Waals surface area contributed by atoms with Crippen LogP contribution in [0.4, 0.5) is 15.8 Å². The van der Waals surface area contributed by atoms with Crippen LogP contribution >= 0.6 is 0 Å². The van der Waals surface area contributed by atoms with Crippen LogP contribution in [0.1, 0.15) is 11.1 Å². The number of imide groups is 1. The van der Waals surface area contributed by atoms with E-state index in [2.05, 4.69) is 5.32 Å². The first kappa shape index (κ1) is 21.1. The van der Waals surface area contributed by atoms with Crippen molar-refractivity contribution in [1.82, 2.24) is 0 Å². The molecule has 1 aliphatic rings. The van der Waals surface area contributed by atoms with E-state index in [0.29, 0.717) is 28.4 Å². The number of carbonyl (C=O) groups excluding carboxylic acids is 2. The number of carbonyl (C=O) groups is 2. The zero-order chi connectivity index (χ0) is 22.8. The van der Waals surface area contributed by atoms with Gasteiger partial charge in [0, 0.05) is 6.07 Å². The van der Waals surface area contributed by atoms with E-state index in [1.807, 2.05) is 13.0 Å². The summed E-state index contributed by atoms with van der Waals surface area (Å²) in [6.45, 7) is 1.88. The van der Waals surface area contributed by atoms with Crippen molar-refractivity contribution in [3.63, 3.8) is 0 Å². The van der Waals surface area contributed by atoms with Crippen molar-refractivity contribution in [2.24, 2.45) is 0 Å². The third-order valence-corrected chi connectivity index (χ3v) is 5.14. The lowest BCUT2D eigenvalue weighted by molar-refractivity contribution is -0.120. The summed E-state index contributed by atoms with van der Waals surface area (Å²) in [4.78, 5) is 28.0. The van der Waals surface area contributed by atoms with Gasteiger partial charge in [-0.15, -0.1) is 0 Å². The van der Waals surface area contributed by atoms with Crippen molar-refractivity contribution < 1.29 is 23.5 Å². The third kappa shape index (κ3) is 3.80. The van der Waals surface area contributed by atoms with Crippen LogP contribution in [0.3, 0.4) is 0 Å². The molecule has 3 aromatic carbocycles. The maximum absolute atomic E-state index is 13.5. The van der Waals surface area contributed by atoms with Gasteiger partial charge in [-0.05, 0) is 54.4 Å². The highest BCUT2D eigenvalue weighted by atomic mass is 19.1. The number of halogens is 1. The molecule has 0 saturated heterocycles. The van der Waals surface area contributed by atoms with Gasteiger partial charge in [0.2, 0.25) is 0 Å². The largest absolute Gasteiger partial charge is 0.497 e. The van der Waals surface area contributed by atoms with Crippen molar-refractivity contribution in [2.45, 2.75) is 6.92 Å². The Labute approximate surface area is 184 Å². The number of methoxy groups -OCH3 is 2. The lowest BCUT2D eigenvalue weighted by atomic mass is 10.0. The quantitative estimate of drug-likeness (QED) is 0.579. The van der Waals surface area contributed by atoms with Crippen molar-refractivity contribution in [3.05, 3.63) is 89.4 Å². The molecule has 4 rings (SSSR count). The highest BCUT2D eigenvalue weighted by Crippen LogP contribution is 2.37. The normalized spacial score (nSPS) is 13.6. The predicted octanol–water partition coefficient (Wildman–Crippen LogP) is 4.55. The highest BCUT2D eigenvalue weighted by Gasteiger charge is 2.40. The second-order valence-corrected chi connectivity index (χ2v) is 7.23. The molecule has 0 saturated carbocycles. The van der Waals surface area contributed by atoms with Crippen LogP contribution in [-0.4, -0.2) is 26.0 Å². The average Bonchev–Trinajstić information content (AvgIpc) is 3.03. The number of rotatable bonds is 6. The molecule has 6 nitrogen and oxygen atoms in total. The SMILES string of the molecule is COc1ccc(OC)c(NC2=C(c3ccc(F)cc3)C(=O)N(c3cccc(C)c3)C2=O)c1. The topological polar surface area (TPSA) is 67.9 Å². The molecule has 32 heavy (non-hydrogen) atoms. The van der Waals surface area contributed by atoms with Gasteiger partial charge in [0.15, 0.2) is 0 Å². The summed E-state index contributed by atoms with van der Waals surface area (Å²) in [5, 5.41) is 3.06. The maximum atomic E-state index is 13.5. The standard InChI is InChI=1S/C25H21FN2O4/c1-15-5-4-6-18(13-15)28-24(29)22(16-7-9-17(26)10-8-16)23(25(28)30)27-20-14-19(31-2)11-12-21(20)32-3/h4-14,27H,1-3H3. The molecule has 3 aromatic rings. The first-order valence-corrected chi connectivity index (χ1v) is 9.87. The molecule has 0 bridgehead atoms. The van der Waals surface area contributed by atoms with Gasteiger partial charge in [0.25, 0.3) is 11.8 Å². The van der Waals surface area contributed by atoms with Gasteiger partial charge in [0.1, 0.15) is 23.0 Å². The van der Waals surface area contributed by atoms with Gasteiger partial charge in [-0.3, -0.25) is 9.59 Å². The number of aryl methyl sites for hydroxylation is 1. The molecule has 0 radical (unpaired) electrons. The summed E-state index contributed by atoms with van der Waals surface area (Å²) in [7, 11) is 3.03. The van der Waals surface area contributed by atoms with Crippen LogP contribution in [-0.2, 0) is 9.59 Å². The number of nitrogens with zero attached hydrogens (tertiary/aromatic N) is 1. The zero-order valence-corrected chi connectivity index (χ0v) is 17.8. The van der Waals surface area contributed by atoms with Gasteiger partial charge in [-0.2, -0.15) is 0 Å². The molecule has 0 aliphatic carbocycles. The van der Waals surface area contributed by atoms with Gasteiger partial charge >= 0.3 is 0 Å². The van der Waals surface area contributed by atoms with E-state index in [0.717, 1.165) is 10.5 Å². The van der Waals surface area contributed by atoms with Gasteiger partial charge < -0.3 is 14.8 Å². The lowest BCUT2D eigenvalue weighted by Crippen LogP contribution is -2.32. The molecular weight excluding hydrogens is 411 g/mol. The van der Waals surface area contributed by atoms with Gasteiger partial charge in [-0.25, -0.2) is 9.29 Å². The first-order valence-electron chi connectivity index (χ1n) is 9.87. The summed E-state index contributed by atoms with van der Waals surface area (Å²) in [6.07, 6.45) is 0. The molecular formula is C25H21FN2O4. The molecule has 0 unspecified atom stereocenters. The van der Waals surface area contributed by atoms with Crippen LogP contribution in [0, 0.1) is 12.7 Å². The summed E-state index contributed by atoms with van der Waals surface area (Å²) in [6, 6.07) is 17.6. The lowest BCUT2D eigenvalue weighted by Gasteiger charge is -2.16. The van der Waals surface area contributed by atoms with E-state index < -0.39 is 17.6 Å². The van der Waals surface area contributed by atoms with Crippen LogP contribution in [0.25, 0.3) is 5.57 Å². The van der Waals surface area contributed by atoms with Gasteiger partial charge in [-0.1, -0.05) is 24.3 Å². The Bertz CT molecular complexity index is 1230. The van der Waals surface area contributed by atoms with Crippen LogP contribution in [0.5, 0.6) is 11.5 Å². The fourth-order valence-corrected chi connectivity index (χ4v) is 3.58. The summed E-state index contributed by atoms with van der Waals surface area (Å²) in [5.41, 5.74) is 2.44. The Morgan fingerprint density at radius 2 is 1.62 bits per heavy atom. The number of anilines is 2. The van der Waals surface area contributed by atoms with E-state index >= 15 is 0 Å². The molecule has 2 amide bonds. The number of benzene rings is 3. The monoisotopic (exact) mass is 432 g/mol. The van der Waals surface area contributed by atoms with E-state index in [-0.39, 0.29) is 11.3 Å². The number of nitrogens with one attached hydrogen (secondary N) is 1. The first-order chi connectivity index (χ1) is 15.4. The fourth-order valence-electron chi connectivity index (χ4n) is 3.58. The minimum Gasteiger partial charge on any atom is -0.497 e. The molecule has 1 heterocycles. The van der Waals surface area contributed by atoms with Crippen molar-refractivity contribution in [2.75, 3.05) is 24.4 Å². The van der Waals surface area contributed by atoms with Crippen LogP contribution in [0.15, 0.2) is 72.4 Å². The molecule has 1 N–H and O–H groups in total. The average molecular weight is 432 g/mol. The van der Waals surface area contributed by atoms with Crippen molar-refractivity contribution >= 4 is 28.8 Å². The number of hydrogen-bond donors (Lipinski definition) is 1. The summed E-state index contributed by atoms with van der Waals surface area (Å²) in [5.74, 6) is -0.456. The fraction of sp³-hybridized carbons (Fsp3) is 0.120. The molecule has 0 atom stereocenters. The Hall–Kier alpha value is -4.13. The smallest absolute Gasteiger partial charge is 0.282 e. The van der Waals surface area contributed by atoms with Crippen molar-refractivity contribution in [1.29, 1.82) is 0 Å². The van der Waals surface area contributed by atoms with E-state index in [4.69, 9.17) is 9.47 Å². The minimum atomic E-state index is -0.523. The third-order valence-electron chi connectivity index (χ3n) is 5.14. The molecule has 1 aliphatic heterocycles. The Morgan fingerprint density at radius 1 is 0.875 bits per heavy atom. The molecule has 0 spiro atoms. The molecule has 0 aromatic heterocycles. The Kier molecular flexibility index (Phi) is 5.64. The number of amides is 2. The molecule has 0 fully saturated rings. The maximum Gasteiger partial charge on any atom is 0.282 e. The van der Waals surface area contributed by atoms with Crippen molar-refractivity contribution in [3.8, 4) is 11.5 Å². The highest BCUT2D eigenvalue weighted by molar-refractivity contribution is 6.46. The second-order valence-electron chi connectivity index (χ2n) is 7.23. The summed E-state index contributed by atoms with van der Waals surface area (Å²) < 4.78 is 24.2. The van der Waals surface area contributed by atoms with E-state index in [1.54, 1.807) is 36.4 Å². The number of ether oxygens (including phenoxy) is 2. The Balaban J connectivity index is 1.86.